The van der Waals surface area contributed by atoms with E-state index in [0.717, 1.165) is 47.5 Å². The average molecular weight is 524 g/mol. The number of rotatable bonds is 8. The number of nitrogens with one attached hydrogen (secondary N) is 3. The second kappa shape index (κ2) is 10.7. The van der Waals surface area contributed by atoms with E-state index < -0.39 is 23.1 Å². The zero-order valence-electron chi connectivity index (χ0n) is 20.5. The van der Waals surface area contributed by atoms with Crippen LogP contribution < -0.4 is 15.6 Å². The fourth-order valence-electron chi connectivity index (χ4n) is 4.33. The monoisotopic (exact) mass is 524 g/mol. The Kier molecular flexibility index (Phi) is 7.67. The molecule has 2 heterocycles. The molecule has 0 fully saturated rings. The third kappa shape index (κ3) is 6.01. The van der Waals surface area contributed by atoms with Crippen LogP contribution in [0.5, 0.6) is 0 Å². The number of aryl methyl sites for hydroxylation is 1. The lowest BCUT2D eigenvalue weighted by Crippen LogP contribution is -2.34. The number of fused-ring (bicyclic) bond motifs is 1. The molecule has 2 amide bonds. The molecule has 3 aromatic rings. The third-order valence-corrected chi connectivity index (χ3v) is 7.35. The predicted molar refractivity (Wildman–Crippen MR) is 141 cm³/mol. The molecule has 1 unspecified atom stereocenters. The molecule has 5 N–H and O–H groups in total. The number of benzene rings is 1. The van der Waals surface area contributed by atoms with Gasteiger partial charge in [0.25, 0.3) is 5.56 Å². The van der Waals surface area contributed by atoms with E-state index in [0.29, 0.717) is 5.69 Å². The largest absolute Gasteiger partial charge is 0.480 e. The maximum absolute atomic E-state index is 13.0. The number of aromatic nitrogens is 3. The summed E-state index contributed by atoms with van der Waals surface area (Å²) in [6.07, 6.45) is 7.27. The van der Waals surface area contributed by atoms with Crippen molar-refractivity contribution in [2.24, 2.45) is 0 Å². The maximum atomic E-state index is 13.0. The van der Waals surface area contributed by atoms with Crippen molar-refractivity contribution in [3.05, 3.63) is 76.3 Å². The first-order valence-electron chi connectivity index (χ1n) is 11.9. The van der Waals surface area contributed by atoms with Crippen molar-refractivity contribution < 1.29 is 19.1 Å². The summed E-state index contributed by atoms with van der Waals surface area (Å²) in [6, 6.07) is 7.65. The Morgan fingerprint density at radius 1 is 1.24 bits per heavy atom. The molecule has 1 aromatic carbocycles. The van der Waals surface area contributed by atoms with Crippen LogP contribution in [0.3, 0.4) is 0 Å². The molecular formula is C24H29BN6O5S. The highest BCUT2D eigenvalue weighted by Gasteiger charge is 2.23. The molecule has 13 heteroatoms. The first-order chi connectivity index (χ1) is 17.5. The minimum Gasteiger partial charge on any atom is -0.424 e. The van der Waals surface area contributed by atoms with Crippen LogP contribution in [0.25, 0.3) is 11.1 Å². The number of urea groups is 1. The van der Waals surface area contributed by atoms with Crippen molar-refractivity contribution in [1.82, 2.24) is 19.1 Å². The molecule has 1 aliphatic carbocycles. The van der Waals surface area contributed by atoms with Crippen LogP contribution in [0.2, 0.25) is 0 Å². The number of hydrogen-bond acceptors (Lipinski definition) is 7. The van der Waals surface area contributed by atoms with Gasteiger partial charge in [0.2, 0.25) is 0 Å². The molecule has 1 atom stereocenters. The fourth-order valence-corrected chi connectivity index (χ4v) is 5.22. The normalized spacial score (nSPS) is 14.5. The second-order valence-electron chi connectivity index (χ2n) is 9.07. The molecule has 2 aromatic heterocycles. The van der Waals surface area contributed by atoms with E-state index in [4.69, 9.17) is 14.8 Å². The van der Waals surface area contributed by atoms with Gasteiger partial charge in [-0.15, -0.1) is 0 Å². The molecule has 0 aliphatic heterocycles. The molecular weight excluding hydrogens is 495 g/mol. The van der Waals surface area contributed by atoms with Crippen LogP contribution in [0.1, 0.15) is 37.4 Å². The molecule has 37 heavy (non-hydrogen) atoms. The number of allylic oxidation sites excluding steroid dienone is 1. The smallest absolute Gasteiger partial charge is 0.424 e. The lowest BCUT2D eigenvalue weighted by atomic mass is 9.92. The summed E-state index contributed by atoms with van der Waals surface area (Å²) >= 11 is 0. The number of pyridine rings is 1. The van der Waals surface area contributed by atoms with Crippen LogP contribution in [0.15, 0.2) is 64.6 Å². The number of carbonyl (C=O) groups is 1. The molecule has 4 rings (SSSR count). The lowest BCUT2D eigenvalue weighted by molar-refractivity contribution is 0.256. The molecule has 0 saturated heterocycles. The Labute approximate surface area is 215 Å². The summed E-state index contributed by atoms with van der Waals surface area (Å²) in [5.74, 6) is 1.15. The van der Waals surface area contributed by atoms with Crippen LogP contribution in [-0.4, -0.2) is 41.8 Å². The van der Waals surface area contributed by atoms with Crippen molar-refractivity contribution in [2.45, 2.75) is 50.7 Å². The highest BCUT2D eigenvalue weighted by molar-refractivity contribution is 7.91. The van der Waals surface area contributed by atoms with E-state index >= 15 is 0 Å². The van der Waals surface area contributed by atoms with Crippen LogP contribution >= 0.6 is 0 Å². The van der Waals surface area contributed by atoms with Gasteiger partial charge in [0.15, 0.2) is 14.9 Å². The van der Waals surface area contributed by atoms with Gasteiger partial charge in [-0.2, -0.15) is 5.10 Å². The van der Waals surface area contributed by atoms with Gasteiger partial charge in [-0.25, -0.2) is 18.5 Å². The quantitative estimate of drug-likeness (QED) is 0.285. The standard InChI is InChI=1S/C24H29BN6O5S/c1-16(2)31-15-18(8-10-22(31)32)20-9-7-17-5-3-6-19(17)23(20)27-24(33)29-37(26,36)21-11-14-30(28-21)13-4-12-25(34)35/h4,7-12,14-16,34-35H,3,5-6,13H2,1-2H3,(H3,26,27,29,33,36)/b12-4+. The zero-order chi connectivity index (χ0) is 26.7. The van der Waals surface area contributed by atoms with Crippen LogP contribution in [0.4, 0.5) is 10.5 Å². The van der Waals surface area contributed by atoms with E-state index in [-0.39, 0.29) is 23.2 Å². The van der Waals surface area contributed by atoms with Gasteiger partial charge in [-0.05, 0) is 56.4 Å². The minimum absolute atomic E-state index is 0.0430. The molecule has 0 spiro atoms. The average Bonchev–Trinajstić information content (AvgIpc) is 3.49. The molecule has 0 saturated carbocycles. The van der Waals surface area contributed by atoms with Gasteiger partial charge in [0.05, 0.1) is 12.2 Å². The summed E-state index contributed by atoms with van der Waals surface area (Å²) in [6.45, 7) is 4.00. The van der Waals surface area contributed by atoms with Crippen molar-refractivity contribution >= 4 is 28.8 Å². The topological polar surface area (TPSA) is 162 Å². The van der Waals surface area contributed by atoms with Crippen molar-refractivity contribution in [3.8, 4) is 11.1 Å². The van der Waals surface area contributed by atoms with E-state index in [1.54, 1.807) is 16.8 Å². The highest BCUT2D eigenvalue weighted by Crippen LogP contribution is 2.37. The van der Waals surface area contributed by atoms with Gasteiger partial charge in [0.1, 0.15) is 0 Å². The Morgan fingerprint density at radius 3 is 2.76 bits per heavy atom. The van der Waals surface area contributed by atoms with E-state index in [1.165, 1.54) is 29.1 Å². The summed E-state index contributed by atoms with van der Waals surface area (Å²) in [5.41, 5.74) is 4.02. The Bertz CT molecular complexity index is 1510. The predicted octanol–water partition coefficient (Wildman–Crippen LogP) is 2.49. The summed E-state index contributed by atoms with van der Waals surface area (Å²) in [5, 5.41) is 24.5. The van der Waals surface area contributed by atoms with Gasteiger partial charge in [0, 0.05) is 35.6 Å². The van der Waals surface area contributed by atoms with Gasteiger partial charge < -0.3 is 19.9 Å². The number of nitrogens with zero attached hydrogens (tertiary/aromatic N) is 3. The fraction of sp³-hybridized carbons (Fsp3) is 0.292. The molecule has 11 nitrogen and oxygen atoms in total. The SMILES string of the molecule is CC(C)n1cc(-c2ccc3c(c2NC(=O)NS(=N)(=O)c2ccn(C/C=C/B(O)O)n2)CCC3)ccc1=O. The van der Waals surface area contributed by atoms with Gasteiger partial charge >= 0.3 is 13.1 Å². The number of hydrogen-bond donors (Lipinski definition) is 5. The number of carbonyl (C=O) groups excluding carboxylic acids is 1. The first kappa shape index (κ1) is 26.4. The third-order valence-electron chi connectivity index (χ3n) is 6.07. The zero-order valence-corrected chi connectivity index (χ0v) is 21.4. The lowest BCUT2D eigenvalue weighted by Gasteiger charge is -2.18. The highest BCUT2D eigenvalue weighted by atomic mass is 32.2. The Balaban J connectivity index is 1.60. The Morgan fingerprint density at radius 2 is 2.03 bits per heavy atom. The van der Waals surface area contributed by atoms with E-state index in [9.17, 15) is 13.8 Å². The van der Waals surface area contributed by atoms with E-state index in [1.807, 2.05) is 26.0 Å². The van der Waals surface area contributed by atoms with Crippen molar-refractivity contribution in [3.63, 3.8) is 0 Å². The van der Waals surface area contributed by atoms with Gasteiger partial charge in [-0.3, -0.25) is 9.48 Å². The maximum Gasteiger partial charge on any atom is 0.480 e. The van der Waals surface area contributed by atoms with Gasteiger partial charge in [-0.1, -0.05) is 24.2 Å². The van der Waals surface area contributed by atoms with E-state index in [2.05, 4.69) is 15.1 Å². The molecule has 0 bridgehead atoms. The van der Waals surface area contributed by atoms with Crippen molar-refractivity contribution in [1.29, 1.82) is 4.78 Å². The van der Waals surface area contributed by atoms with Crippen molar-refractivity contribution in [2.75, 3.05) is 5.32 Å². The summed E-state index contributed by atoms with van der Waals surface area (Å²) < 4.78 is 26.5. The second-order valence-corrected chi connectivity index (χ2v) is 10.8. The number of anilines is 1. The molecule has 1 aliphatic rings. The Hall–Kier alpha value is -3.68. The molecule has 0 radical (unpaired) electrons. The first-order valence-corrected chi connectivity index (χ1v) is 13.4. The molecule has 194 valence electrons. The summed E-state index contributed by atoms with van der Waals surface area (Å²) in [4.78, 5) is 25.3. The summed E-state index contributed by atoms with van der Waals surface area (Å²) in [7, 11) is -5.38. The minimum atomic E-state index is -3.78. The number of amides is 2. The van der Waals surface area contributed by atoms with Crippen LogP contribution in [-0.2, 0) is 29.3 Å². The van der Waals surface area contributed by atoms with Crippen LogP contribution in [0, 0.1) is 4.78 Å².